The highest BCUT2D eigenvalue weighted by atomic mass is 35.5. The van der Waals surface area contributed by atoms with Gasteiger partial charge in [-0.25, -0.2) is 9.59 Å². The molecule has 0 fully saturated rings. The van der Waals surface area contributed by atoms with E-state index in [2.05, 4.69) is 10.6 Å². The molecule has 0 unspecified atom stereocenters. The summed E-state index contributed by atoms with van der Waals surface area (Å²) in [5, 5.41) is 5.81. The fraction of sp³-hybridized carbons (Fsp3) is 0.125. The average molecular weight is 332 g/mol. The van der Waals surface area contributed by atoms with E-state index in [1.807, 2.05) is 13.0 Å². The highest BCUT2D eigenvalue weighted by molar-refractivity contribution is 6.33. The van der Waals surface area contributed by atoms with E-state index in [1.54, 1.807) is 37.4 Å². The Hall–Kier alpha value is -2.73. The van der Waals surface area contributed by atoms with Crippen molar-refractivity contribution in [1.29, 1.82) is 0 Å². The van der Waals surface area contributed by atoms with E-state index < -0.39 is 11.8 Å². The topological polar surface area (TPSA) is 76.3 Å². The molecule has 2 N–H and O–H groups in total. The summed E-state index contributed by atoms with van der Waals surface area (Å²) in [7, 11) is 1.62. The van der Waals surface area contributed by atoms with Crippen LogP contribution in [0.15, 0.2) is 45.6 Å². The van der Waals surface area contributed by atoms with Crippen molar-refractivity contribution in [2.45, 2.75) is 6.92 Å². The number of halogens is 1. The Bertz CT molecular complexity index is 959. The van der Waals surface area contributed by atoms with Crippen molar-refractivity contribution >= 4 is 40.1 Å². The Morgan fingerprint density at radius 3 is 2.70 bits per heavy atom. The van der Waals surface area contributed by atoms with Crippen LogP contribution in [0.25, 0.3) is 11.1 Å². The van der Waals surface area contributed by atoms with E-state index in [-0.39, 0.29) is 0 Å². The third-order valence-corrected chi connectivity index (χ3v) is 3.74. The van der Waals surface area contributed by atoms with Crippen LogP contribution in [0.4, 0.5) is 16.2 Å². The number of anilines is 2. The van der Waals surface area contributed by atoms with Gasteiger partial charge in [-0.3, -0.25) is 4.57 Å². The number of aryl methyl sites for hydroxylation is 2. The van der Waals surface area contributed by atoms with Crippen molar-refractivity contribution in [2.75, 3.05) is 10.6 Å². The molecule has 23 heavy (non-hydrogen) atoms. The van der Waals surface area contributed by atoms with Gasteiger partial charge in [0.25, 0.3) is 0 Å². The maximum Gasteiger partial charge on any atom is 0.419 e. The molecule has 0 saturated heterocycles. The zero-order valence-electron chi connectivity index (χ0n) is 12.5. The van der Waals surface area contributed by atoms with Crippen LogP contribution in [0, 0.1) is 6.92 Å². The second-order valence-electron chi connectivity index (χ2n) is 5.17. The van der Waals surface area contributed by atoms with Gasteiger partial charge in [-0.1, -0.05) is 17.7 Å². The van der Waals surface area contributed by atoms with Gasteiger partial charge in [0.1, 0.15) is 0 Å². The summed E-state index contributed by atoms with van der Waals surface area (Å²) >= 11 is 6.08. The summed E-state index contributed by atoms with van der Waals surface area (Å²) < 4.78 is 6.48. The molecule has 0 saturated carbocycles. The molecule has 118 valence electrons. The van der Waals surface area contributed by atoms with Crippen molar-refractivity contribution in [1.82, 2.24) is 4.57 Å². The molecule has 0 aliphatic heterocycles. The predicted octanol–water partition coefficient (Wildman–Crippen LogP) is 3.74. The van der Waals surface area contributed by atoms with E-state index in [0.29, 0.717) is 27.5 Å². The lowest BCUT2D eigenvalue weighted by Crippen LogP contribution is -2.19. The number of carbonyl (C=O) groups is 1. The molecule has 0 spiro atoms. The Kier molecular flexibility index (Phi) is 3.83. The zero-order valence-corrected chi connectivity index (χ0v) is 13.3. The van der Waals surface area contributed by atoms with Gasteiger partial charge in [0.15, 0.2) is 5.58 Å². The number of amides is 2. The maximum atomic E-state index is 12.0. The summed E-state index contributed by atoms with van der Waals surface area (Å²) in [6, 6.07) is 9.90. The van der Waals surface area contributed by atoms with Crippen LogP contribution >= 0.6 is 11.6 Å². The van der Waals surface area contributed by atoms with E-state index in [1.165, 1.54) is 4.57 Å². The number of aromatic nitrogens is 1. The summed E-state index contributed by atoms with van der Waals surface area (Å²) in [6.45, 7) is 1.92. The Balaban J connectivity index is 1.78. The average Bonchev–Trinajstić information content (AvgIpc) is 2.77. The first-order chi connectivity index (χ1) is 10.9. The smallest absolute Gasteiger partial charge is 0.408 e. The fourth-order valence-corrected chi connectivity index (χ4v) is 2.50. The predicted molar refractivity (Wildman–Crippen MR) is 90.3 cm³/mol. The number of fused-ring (bicyclic) bond motifs is 1. The number of nitrogens with one attached hydrogen (secondary N) is 2. The van der Waals surface area contributed by atoms with Crippen molar-refractivity contribution in [2.24, 2.45) is 7.05 Å². The minimum absolute atomic E-state index is 0.406. The standard InChI is InChI=1S/C16H14ClN3O3/c1-9-3-5-12(11(17)7-9)19-15(21)18-10-4-6-13-14(8-10)23-16(22)20(13)2/h3-8H,1-2H3,(H2,18,19,21). The lowest BCUT2D eigenvalue weighted by atomic mass is 10.2. The molecule has 0 aliphatic carbocycles. The first kappa shape index (κ1) is 15.2. The lowest BCUT2D eigenvalue weighted by Gasteiger charge is -2.09. The van der Waals surface area contributed by atoms with Gasteiger partial charge in [0, 0.05) is 18.8 Å². The van der Waals surface area contributed by atoms with Crippen LogP contribution < -0.4 is 16.4 Å². The van der Waals surface area contributed by atoms with E-state index >= 15 is 0 Å². The molecule has 0 atom stereocenters. The molecule has 6 nitrogen and oxygen atoms in total. The van der Waals surface area contributed by atoms with Crippen LogP contribution in [0.5, 0.6) is 0 Å². The van der Waals surface area contributed by atoms with Crippen molar-refractivity contribution in [3.05, 3.63) is 57.5 Å². The summed E-state index contributed by atoms with van der Waals surface area (Å²) in [5.41, 5.74) is 3.09. The monoisotopic (exact) mass is 331 g/mol. The fourth-order valence-electron chi connectivity index (χ4n) is 2.22. The Morgan fingerprint density at radius 1 is 1.17 bits per heavy atom. The third kappa shape index (κ3) is 3.07. The largest absolute Gasteiger partial charge is 0.419 e. The van der Waals surface area contributed by atoms with Crippen LogP contribution in [0.1, 0.15) is 5.56 Å². The minimum Gasteiger partial charge on any atom is -0.408 e. The minimum atomic E-state index is -0.451. The summed E-state index contributed by atoms with van der Waals surface area (Å²) in [5.74, 6) is -0.451. The van der Waals surface area contributed by atoms with Gasteiger partial charge in [-0.2, -0.15) is 0 Å². The normalized spacial score (nSPS) is 10.7. The highest BCUT2D eigenvalue weighted by Crippen LogP contribution is 2.23. The van der Waals surface area contributed by atoms with Gasteiger partial charge >= 0.3 is 11.8 Å². The number of rotatable bonds is 2. The molecule has 1 heterocycles. The van der Waals surface area contributed by atoms with Gasteiger partial charge in [-0.15, -0.1) is 0 Å². The summed E-state index contributed by atoms with van der Waals surface area (Å²) in [4.78, 5) is 23.5. The number of hydrogen-bond donors (Lipinski definition) is 2. The molecular weight excluding hydrogens is 318 g/mol. The lowest BCUT2D eigenvalue weighted by molar-refractivity contribution is 0.262. The van der Waals surface area contributed by atoms with Gasteiger partial charge < -0.3 is 15.1 Å². The van der Waals surface area contributed by atoms with Crippen molar-refractivity contribution < 1.29 is 9.21 Å². The zero-order chi connectivity index (χ0) is 16.6. The first-order valence-corrected chi connectivity index (χ1v) is 7.25. The Labute approximate surface area is 136 Å². The first-order valence-electron chi connectivity index (χ1n) is 6.88. The quantitative estimate of drug-likeness (QED) is 0.751. The maximum absolute atomic E-state index is 12.0. The highest BCUT2D eigenvalue weighted by Gasteiger charge is 2.09. The van der Waals surface area contributed by atoms with E-state index in [4.69, 9.17) is 16.0 Å². The molecule has 2 amide bonds. The van der Waals surface area contributed by atoms with Crippen LogP contribution in [-0.4, -0.2) is 10.6 Å². The van der Waals surface area contributed by atoms with Gasteiger partial charge in [0.2, 0.25) is 0 Å². The third-order valence-electron chi connectivity index (χ3n) is 3.42. The molecule has 0 aliphatic rings. The number of nitrogens with zero attached hydrogens (tertiary/aromatic N) is 1. The Morgan fingerprint density at radius 2 is 1.96 bits per heavy atom. The van der Waals surface area contributed by atoms with E-state index in [0.717, 1.165) is 5.56 Å². The number of benzene rings is 2. The second-order valence-corrected chi connectivity index (χ2v) is 5.58. The van der Waals surface area contributed by atoms with Crippen molar-refractivity contribution in [3.8, 4) is 0 Å². The molecule has 3 aromatic rings. The number of oxazole rings is 1. The summed E-state index contributed by atoms with van der Waals surface area (Å²) in [6.07, 6.45) is 0. The molecule has 3 rings (SSSR count). The second kappa shape index (κ2) is 5.81. The number of urea groups is 1. The molecule has 0 radical (unpaired) electrons. The number of carbonyl (C=O) groups excluding carboxylic acids is 1. The molecule has 0 bridgehead atoms. The van der Waals surface area contributed by atoms with Crippen LogP contribution in [0.3, 0.4) is 0 Å². The molecule has 2 aromatic carbocycles. The molecule has 7 heteroatoms. The SMILES string of the molecule is Cc1ccc(NC(=O)Nc2ccc3c(c2)oc(=O)n3C)c(Cl)c1. The van der Waals surface area contributed by atoms with Crippen molar-refractivity contribution in [3.63, 3.8) is 0 Å². The molecule has 1 aromatic heterocycles. The number of hydrogen-bond acceptors (Lipinski definition) is 3. The van der Waals surface area contributed by atoms with E-state index in [9.17, 15) is 9.59 Å². The van der Waals surface area contributed by atoms with Gasteiger partial charge in [0.05, 0.1) is 16.2 Å². The van der Waals surface area contributed by atoms with Crippen LogP contribution in [-0.2, 0) is 7.05 Å². The van der Waals surface area contributed by atoms with Crippen LogP contribution in [0.2, 0.25) is 5.02 Å². The molecular formula is C16H14ClN3O3. The van der Waals surface area contributed by atoms with Gasteiger partial charge in [-0.05, 0) is 36.8 Å².